The molecule has 0 radical (unpaired) electrons. The molecule has 1 saturated carbocycles. The third kappa shape index (κ3) is 2.92. The van der Waals surface area contributed by atoms with Crippen LogP contribution in [0.15, 0.2) is 29.4 Å². The van der Waals surface area contributed by atoms with Crippen molar-refractivity contribution in [2.45, 2.75) is 38.0 Å². The Hall–Kier alpha value is -2.04. The molecule has 20 heavy (non-hydrogen) atoms. The van der Waals surface area contributed by atoms with E-state index in [0.29, 0.717) is 12.2 Å². The summed E-state index contributed by atoms with van der Waals surface area (Å²) in [6.45, 7) is 1.89. The van der Waals surface area contributed by atoms with Crippen molar-refractivity contribution in [3.8, 4) is 0 Å². The summed E-state index contributed by atoms with van der Waals surface area (Å²) < 4.78 is 5.06. The predicted octanol–water partition coefficient (Wildman–Crippen LogP) is 2.16. The Labute approximate surface area is 118 Å². The van der Waals surface area contributed by atoms with Gasteiger partial charge < -0.3 is 15.7 Å². The smallest absolute Gasteiger partial charge is 0.302 e. The van der Waals surface area contributed by atoms with Gasteiger partial charge in [0, 0.05) is 12.5 Å². The number of oxime groups is 1. The van der Waals surface area contributed by atoms with Crippen LogP contribution >= 0.6 is 0 Å². The van der Waals surface area contributed by atoms with Crippen LogP contribution in [-0.2, 0) is 14.9 Å². The first-order chi connectivity index (χ1) is 9.57. The van der Waals surface area contributed by atoms with E-state index in [2.05, 4.69) is 5.16 Å². The maximum atomic E-state index is 10.9. The van der Waals surface area contributed by atoms with Crippen LogP contribution in [-0.4, -0.2) is 23.6 Å². The molecule has 5 heteroatoms. The van der Waals surface area contributed by atoms with E-state index < -0.39 is 0 Å². The summed E-state index contributed by atoms with van der Waals surface area (Å²) in [4.78, 5) is 10.9. The molecule has 1 fully saturated rings. The van der Waals surface area contributed by atoms with Crippen molar-refractivity contribution in [3.63, 3.8) is 0 Å². The van der Waals surface area contributed by atoms with Gasteiger partial charge in [-0.3, -0.25) is 4.79 Å². The van der Waals surface area contributed by atoms with E-state index in [1.54, 1.807) is 0 Å². The van der Waals surface area contributed by atoms with Gasteiger partial charge in [0.25, 0.3) is 0 Å². The second kappa shape index (κ2) is 5.94. The molecule has 0 spiro atoms. The summed E-state index contributed by atoms with van der Waals surface area (Å²) in [6.07, 6.45) is 4.26. The third-order valence-electron chi connectivity index (χ3n) is 4.10. The number of carbonyl (C=O) groups is 1. The van der Waals surface area contributed by atoms with Crippen molar-refractivity contribution in [1.29, 1.82) is 0 Å². The molecule has 0 unspecified atom stereocenters. The van der Waals surface area contributed by atoms with E-state index in [1.807, 2.05) is 24.3 Å². The van der Waals surface area contributed by atoms with Crippen LogP contribution in [0, 0.1) is 0 Å². The lowest BCUT2D eigenvalue weighted by Gasteiger charge is -2.42. The zero-order valence-corrected chi connectivity index (χ0v) is 11.6. The van der Waals surface area contributed by atoms with E-state index in [4.69, 9.17) is 15.7 Å². The van der Waals surface area contributed by atoms with Gasteiger partial charge in [-0.05, 0) is 30.2 Å². The fourth-order valence-electron chi connectivity index (χ4n) is 2.73. The highest BCUT2D eigenvalue weighted by Gasteiger charge is 2.38. The number of amidine groups is 1. The van der Waals surface area contributed by atoms with Crippen LogP contribution < -0.4 is 5.73 Å². The fraction of sp³-hybridized carbons (Fsp3) is 0.467. The van der Waals surface area contributed by atoms with Gasteiger partial charge >= 0.3 is 5.97 Å². The molecule has 0 aromatic heterocycles. The lowest BCUT2D eigenvalue weighted by Crippen LogP contribution is -2.35. The third-order valence-corrected chi connectivity index (χ3v) is 4.10. The quantitative estimate of drug-likeness (QED) is 0.284. The van der Waals surface area contributed by atoms with Gasteiger partial charge in [0.05, 0.1) is 6.61 Å². The monoisotopic (exact) mass is 276 g/mol. The van der Waals surface area contributed by atoms with Crippen LogP contribution in [0.5, 0.6) is 0 Å². The van der Waals surface area contributed by atoms with Crippen LogP contribution in [0.2, 0.25) is 0 Å². The van der Waals surface area contributed by atoms with Crippen molar-refractivity contribution < 1.29 is 14.7 Å². The molecule has 0 aliphatic heterocycles. The van der Waals surface area contributed by atoms with Crippen LogP contribution in [0.4, 0.5) is 0 Å². The summed E-state index contributed by atoms with van der Waals surface area (Å²) in [5.74, 6) is -0.124. The molecular formula is C15H20N2O3. The number of esters is 1. The Kier molecular flexibility index (Phi) is 4.27. The molecular weight excluding hydrogens is 256 g/mol. The van der Waals surface area contributed by atoms with Crippen LogP contribution in [0.25, 0.3) is 0 Å². The summed E-state index contributed by atoms with van der Waals surface area (Å²) in [5.41, 5.74) is 7.59. The summed E-state index contributed by atoms with van der Waals surface area (Å²) in [5, 5.41) is 11.6. The highest BCUT2D eigenvalue weighted by molar-refractivity contribution is 5.97. The normalized spacial score (nSPS) is 17.4. The molecule has 1 aliphatic carbocycles. The number of nitrogens with zero attached hydrogens (tertiary/aromatic N) is 1. The molecule has 0 saturated heterocycles. The maximum Gasteiger partial charge on any atom is 0.302 e. The number of benzene rings is 1. The number of rotatable bonds is 5. The maximum absolute atomic E-state index is 10.9. The molecule has 108 valence electrons. The minimum Gasteiger partial charge on any atom is -0.466 e. The van der Waals surface area contributed by atoms with E-state index in [9.17, 15) is 4.79 Å². The Bertz CT molecular complexity index is 504. The second-order valence-electron chi connectivity index (χ2n) is 5.29. The highest BCUT2D eigenvalue weighted by Crippen LogP contribution is 2.46. The van der Waals surface area contributed by atoms with Crippen molar-refractivity contribution >= 4 is 11.8 Å². The minimum atomic E-state index is -0.234. The number of ether oxygens (including phenoxy) is 1. The van der Waals surface area contributed by atoms with E-state index in [-0.39, 0.29) is 17.2 Å². The van der Waals surface area contributed by atoms with Crippen molar-refractivity contribution in [3.05, 3.63) is 35.4 Å². The Morgan fingerprint density at radius 1 is 1.40 bits per heavy atom. The SMILES string of the molecule is CC(=O)OCCC1(c2ccc(/C(N)=N\O)cc2)CCC1. The predicted molar refractivity (Wildman–Crippen MR) is 75.7 cm³/mol. The first kappa shape index (κ1) is 14.4. The minimum absolute atomic E-state index is 0.110. The van der Waals surface area contributed by atoms with E-state index in [1.165, 1.54) is 18.9 Å². The summed E-state index contributed by atoms with van der Waals surface area (Å²) in [6, 6.07) is 7.74. The zero-order chi connectivity index (χ0) is 14.6. The van der Waals surface area contributed by atoms with Gasteiger partial charge in [-0.2, -0.15) is 0 Å². The van der Waals surface area contributed by atoms with Gasteiger partial charge in [0.15, 0.2) is 5.84 Å². The number of hydrogen-bond donors (Lipinski definition) is 2. The molecule has 0 amide bonds. The van der Waals surface area contributed by atoms with Gasteiger partial charge in [0.1, 0.15) is 0 Å². The Morgan fingerprint density at radius 3 is 2.50 bits per heavy atom. The largest absolute Gasteiger partial charge is 0.466 e. The molecule has 1 aromatic carbocycles. The highest BCUT2D eigenvalue weighted by atomic mass is 16.5. The van der Waals surface area contributed by atoms with Gasteiger partial charge in [0.2, 0.25) is 0 Å². The fourth-order valence-corrected chi connectivity index (χ4v) is 2.73. The molecule has 3 N–H and O–H groups in total. The van der Waals surface area contributed by atoms with Crippen LogP contribution in [0.1, 0.15) is 43.7 Å². The zero-order valence-electron chi connectivity index (χ0n) is 11.6. The van der Waals surface area contributed by atoms with Crippen LogP contribution in [0.3, 0.4) is 0 Å². The first-order valence-corrected chi connectivity index (χ1v) is 6.79. The van der Waals surface area contributed by atoms with Gasteiger partial charge in [-0.1, -0.05) is 35.8 Å². The molecule has 0 heterocycles. The molecule has 1 aromatic rings. The lowest BCUT2D eigenvalue weighted by molar-refractivity contribution is -0.141. The average molecular weight is 276 g/mol. The number of carbonyl (C=O) groups excluding carboxylic acids is 1. The molecule has 2 rings (SSSR count). The average Bonchev–Trinajstić information content (AvgIpc) is 2.41. The van der Waals surface area contributed by atoms with Gasteiger partial charge in [-0.25, -0.2) is 0 Å². The van der Waals surface area contributed by atoms with Crippen molar-refractivity contribution in [2.24, 2.45) is 10.9 Å². The Balaban J connectivity index is 2.09. The van der Waals surface area contributed by atoms with E-state index >= 15 is 0 Å². The molecule has 0 bridgehead atoms. The lowest BCUT2D eigenvalue weighted by atomic mass is 9.62. The number of nitrogens with two attached hydrogens (primary N) is 1. The number of hydrogen-bond acceptors (Lipinski definition) is 4. The first-order valence-electron chi connectivity index (χ1n) is 6.79. The summed E-state index contributed by atoms with van der Waals surface area (Å²) in [7, 11) is 0. The molecule has 0 atom stereocenters. The van der Waals surface area contributed by atoms with E-state index in [0.717, 1.165) is 19.3 Å². The Morgan fingerprint density at radius 2 is 2.05 bits per heavy atom. The second-order valence-corrected chi connectivity index (χ2v) is 5.29. The summed E-state index contributed by atoms with van der Waals surface area (Å²) >= 11 is 0. The van der Waals surface area contributed by atoms with Gasteiger partial charge in [-0.15, -0.1) is 0 Å². The standard InChI is InChI=1S/C15H20N2O3/c1-11(18)20-10-9-15(7-2-8-15)13-5-3-12(4-6-13)14(16)17-19/h3-6,19H,2,7-10H2,1H3,(H2,16,17). The molecule has 5 nitrogen and oxygen atoms in total. The van der Waals surface area contributed by atoms with Crippen molar-refractivity contribution in [1.82, 2.24) is 0 Å². The topological polar surface area (TPSA) is 84.9 Å². The molecule has 1 aliphatic rings. The van der Waals surface area contributed by atoms with Crippen molar-refractivity contribution in [2.75, 3.05) is 6.61 Å².